The molecular weight excluding hydrogens is 303 g/mol. The largest absolute Gasteiger partial charge is 0.416 e. The summed E-state index contributed by atoms with van der Waals surface area (Å²) in [5.41, 5.74) is 0.209. The van der Waals surface area contributed by atoms with Crippen LogP contribution in [0, 0.1) is 0 Å². The predicted molar refractivity (Wildman–Crippen MR) is 75.7 cm³/mol. The molecule has 2 nitrogen and oxygen atoms in total. The molecule has 0 unspecified atom stereocenters. The van der Waals surface area contributed by atoms with Crippen molar-refractivity contribution in [1.82, 2.24) is 0 Å². The number of benzene rings is 2. The maximum atomic E-state index is 12.4. The van der Waals surface area contributed by atoms with Crippen molar-refractivity contribution in [2.24, 2.45) is 0 Å². The Hall–Kier alpha value is -2.01. The zero-order valence-corrected chi connectivity index (χ0v) is 11.5. The van der Waals surface area contributed by atoms with Gasteiger partial charge in [-0.15, -0.1) is 0 Å². The fourth-order valence-electron chi connectivity index (χ4n) is 1.70. The van der Waals surface area contributed by atoms with Crippen molar-refractivity contribution in [2.45, 2.75) is 6.18 Å². The summed E-state index contributed by atoms with van der Waals surface area (Å²) in [5.74, 6) is -0.174. The second-order valence-electron chi connectivity index (χ2n) is 4.36. The van der Waals surface area contributed by atoms with E-state index in [1.807, 2.05) is 0 Å². The molecule has 0 atom stereocenters. The first-order valence-electron chi connectivity index (χ1n) is 6.06. The Morgan fingerprint density at radius 1 is 1.00 bits per heavy atom. The Kier molecular flexibility index (Phi) is 4.53. The lowest BCUT2D eigenvalue weighted by atomic mass is 10.1. The average molecular weight is 314 g/mol. The monoisotopic (exact) mass is 313 g/mol. The van der Waals surface area contributed by atoms with Gasteiger partial charge >= 0.3 is 6.18 Å². The van der Waals surface area contributed by atoms with E-state index in [1.54, 1.807) is 24.3 Å². The van der Waals surface area contributed by atoms with Gasteiger partial charge in [-0.2, -0.15) is 13.2 Å². The maximum Gasteiger partial charge on any atom is 0.416 e. The van der Waals surface area contributed by atoms with E-state index in [-0.39, 0.29) is 12.3 Å². The van der Waals surface area contributed by atoms with Crippen LogP contribution < -0.4 is 5.32 Å². The highest BCUT2D eigenvalue weighted by Gasteiger charge is 2.29. The lowest BCUT2D eigenvalue weighted by molar-refractivity contribution is -0.137. The molecule has 0 aliphatic rings. The van der Waals surface area contributed by atoms with Crippen LogP contribution in [0.2, 0.25) is 5.02 Å². The summed E-state index contributed by atoms with van der Waals surface area (Å²) >= 11 is 5.72. The van der Waals surface area contributed by atoms with Gasteiger partial charge in [0.25, 0.3) is 0 Å². The molecule has 0 heterocycles. The van der Waals surface area contributed by atoms with Crippen molar-refractivity contribution >= 4 is 23.1 Å². The first-order chi connectivity index (χ1) is 9.86. The Labute approximate surface area is 124 Å². The van der Waals surface area contributed by atoms with Gasteiger partial charge in [-0.25, -0.2) is 0 Å². The van der Waals surface area contributed by atoms with Crippen LogP contribution in [0.1, 0.15) is 15.9 Å². The molecule has 2 rings (SSSR count). The van der Waals surface area contributed by atoms with Crippen molar-refractivity contribution in [3.63, 3.8) is 0 Å². The third-order valence-corrected chi connectivity index (χ3v) is 3.08. The van der Waals surface area contributed by atoms with E-state index in [0.717, 1.165) is 12.1 Å². The number of alkyl halides is 3. The van der Waals surface area contributed by atoms with Gasteiger partial charge in [0.15, 0.2) is 5.78 Å². The molecule has 0 bridgehead atoms. The highest BCUT2D eigenvalue weighted by Crippen LogP contribution is 2.29. The normalized spacial score (nSPS) is 11.2. The highest BCUT2D eigenvalue weighted by atomic mass is 35.5. The van der Waals surface area contributed by atoms with E-state index < -0.39 is 11.7 Å². The van der Waals surface area contributed by atoms with Gasteiger partial charge in [0.1, 0.15) is 0 Å². The molecule has 0 aromatic heterocycles. The molecule has 2 aromatic rings. The summed E-state index contributed by atoms with van der Waals surface area (Å²) < 4.78 is 37.2. The van der Waals surface area contributed by atoms with E-state index in [4.69, 9.17) is 11.6 Å². The van der Waals surface area contributed by atoms with Crippen molar-refractivity contribution in [2.75, 3.05) is 11.9 Å². The van der Waals surface area contributed by atoms with Crippen molar-refractivity contribution in [3.8, 4) is 0 Å². The molecule has 0 aliphatic heterocycles. The summed E-state index contributed by atoms with van der Waals surface area (Å²) in [6, 6.07) is 10.9. The van der Waals surface area contributed by atoms with E-state index >= 15 is 0 Å². The Balaban J connectivity index is 1.97. The van der Waals surface area contributed by atoms with E-state index in [2.05, 4.69) is 5.32 Å². The minimum absolute atomic E-state index is 0.00695. The third-order valence-electron chi connectivity index (χ3n) is 2.83. The van der Waals surface area contributed by atoms with Gasteiger partial charge in [0.05, 0.1) is 12.1 Å². The summed E-state index contributed by atoms with van der Waals surface area (Å²) in [4.78, 5) is 11.9. The SMILES string of the molecule is O=C(CNc1ccc(C(F)(F)F)cc1)c1ccc(Cl)cc1. The summed E-state index contributed by atoms with van der Waals surface area (Å²) in [6.45, 7) is -0.00695. The number of hydrogen-bond donors (Lipinski definition) is 1. The van der Waals surface area contributed by atoms with Gasteiger partial charge in [0, 0.05) is 16.3 Å². The molecule has 0 fully saturated rings. The standard InChI is InChI=1S/C15H11ClF3NO/c16-12-5-1-10(2-6-12)14(21)9-20-13-7-3-11(4-8-13)15(17,18)19/h1-8,20H,9H2. The van der Waals surface area contributed by atoms with E-state index in [9.17, 15) is 18.0 Å². The average Bonchev–Trinajstić information content (AvgIpc) is 2.45. The zero-order valence-electron chi connectivity index (χ0n) is 10.7. The van der Waals surface area contributed by atoms with Crippen molar-refractivity contribution in [1.29, 1.82) is 0 Å². The van der Waals surface area contributed by atoms with Gasteiger partial charge in [-0.3, -0.25) is 4.79 Å². The number of hydrogen-bond acceptors (Lipinski definition) is 2. The van der Waals surface area contributed by atoms with Crippen LogP contribution >= 0.6 is 11.6 Å². The Morgan fingerprint density at radius 2 is 1.57 bits per heavy atom. The second kappa shape index (κ2) is 6.18. The molecule has 0 amide bonds. The fourth-order valence-corrected chi connectivity index (χ4v) is 1.82. The number of anilines is 1. The van der Waals surface area contributed by atoms with Gasteiger partial charge < -0.3 is 5.32 Å². The van der Waals surface area contributed by atoms with Crippen molar-refractivity contribution < 1.29 is 18.0 Å². The van der Waals surface area contributed by atoms with E-state index in [0.29, 0.717) is 16.3 Å². The number of Topliss-reactive ketones (excluding diaryl/α,β-unsaturated/α-hetero) is 1. The molecule has 0 saturated heterocycles. The van der Waals surface area contributed by atoms with Gasteiger partial charge in [-0.05, 0) is 48.5 Å². The molecule has 2 aromatic carbocycles. The van der Waals surface area contributed by atoms with Crippen molar-refractivity contribution in [3.05, 3.63) is 64.7 Å². The quantitative estimate of drug-likeness (QED) is 0.832. The first kappa shape index (κ1) is 15.4. The van der Waals surface area contributed by atoms with Crippen LogP contribution in [0.4, 0.5) is 18.9 Å². The van der Waals surface area contributed by atoms with Crippen LogP contribution in [0.25, 0.3) is 0 Å². The fraction of sp³-hybridized carbons (Fsp3) is 0.133. The molecule has 6 heteroatoms. The number of carbonyl (C=O) groups excluding carboxylic acids is 1. The van der Waals surface area contributed by atoms with Crippen LogP contribution in [-0.2, 0) is 6.18 Å². The Morgan fingerprint density at radius 3 is 2.10 bits per heavy atom. The topological polar surface area (TPSA) is 29.1 Å². The summed E-state index contributed by atoms with van der Waals surface area (Å²) in [5, 5.41) is 3.32. The number of halogens is 4. The maximum absolute atomic E-state index is 12.4. The Bertz CT molecular complexity index is 621. The number of nitrogens with one attached hydrogen (secondary N) is 1. The zero-order chi connectivity index (χ0) is 15.5. The summed E-state index contributed by atoms with van der Waals surface area (Å²) in [7, 11) is 0. The molecule has 110 valence electrons. The van der Waals surface area contributed by atoms with Crippen LogP contribution in [0.3, 0.4) is 0 Å². The van der Waals surface area contributed by atoms with Crippen LogP contribution in [0.5, 0.6) is 0 Å². The minimum Gasteiger partial charge on any atom is -0.378 e. The van der Waals surface area contributed by atoms with Gasteiger partial charge in [-0.1, -0.05) is 11.6 Å². The van der Waals surface area contributed by atoms with Gasteiger partial charge in [0.2, 0.25) is 0 Å². The minimum atomic E-state index is -4.36. The molecule has 1 N–H and O–H groups in total. The molecule has 0 spiro atoms. The van der Waals surface area contributed by atoms with Crippen LogP contribution in [0.15, 0.2) is 48.5 Å². The van der Waals surface area contributed by atoms with Crippen LogP contribution in [-0.4, -0.2) is 12.3 Å². The van der Waals surface area contributed by atoms with E-state index in [1.165, 1.54) is 12.1 Å². The molecule has 0 radical (unpaired) electrons. The lowest BCUT2D eigenvalue weighted by Crippen LogP contribution is -2.14. The molecule has 0 aliphatic carbocycles. The number of ketones is 1. The molecular formula is C15H11ClF3NO. The number of carbonyl (C=O) groups is 1. The second-order valence-corrected chi connectivity index (χ2v) is 4.80. The highest BCUT2D eigenvalue weighted by molar-refractivity contribution is 6.30. The number of rotatable bonds is 4. The lowest BCUT2D eigenvalue weighted by Gasteiger charge is -2.09. The smallest absolute Gasteiger partial charge is 0.378 e. The predicted octanol–water partition coefficient (Wildman–Crippen LogP) is 4.65. The third kappa shape index (κ3) is 4.23. The summed E-state index contributed by atoms with van der Waals surface area (Å²) in [6.07, 6.45) is -4.36. The molecule has 0 saturated carbocycles. The first-order valence-corrected chi connectivity index (χ1v) is 6.44. The molecule has 21 heavy (non-hydrogen) atoms.